The van der Waals surface area contributed by atoms with Crippen LogP contribution < -0.4 is 0 Å². The highest BCUT2D eigenvalue weighted by atomic mass is 35.5. The van der Waals surface area contributed by atoms with Gasteiger partial charge in [0.2, 0.25) is 0 Å². The molecule has 118 valence electrons. The van der Waals surface area contributed by atoms with Gasteiger partial charge in [-0.05, 0) is 37.4 Å². The van der Waals surface area contributed by atoms with Crippen molar-refractivity contribution in [2.45, 2.75) is 12.0 Å². The van der Waals surface area contributed by atoms with Crippen molar-refractivity contribution in [2.24, 2.45) is 0 Å². The number of hydrogen-bond donors (Lipinski definition) is 0. The molecule has 2 rings (SSSR count). The largest absolute Gasteiger partial charge is 0.288 e. The summed E-state index contributed by atoms with van der Waals surface area (Å²) in [5.74, 6) is 0. The molecule has 0 amide bonds. The summed E-state index contributed by atoms with van der Waals surface area (Å²) in [6, 6.07) is 17.8. The van der Waals surface area contributed by atoms with E-state index in [1.165, 1.54) is 0 Å². The van der Waals surface area contributed by atoms with Crippen LogP contribution in [0.1, 0.15) is 17.5 Å². The normalized spacial score (nSPS) is 13.9. The average molecular weight is 345 g/mol. The number of nitriles is 1. The molecule has 0 saturated carbocycles. The van der Waals surface area contributed by atoms with E-state index < -0.39 is 5.54 Å². The topological polar surface area (TPSA) is 27.0 Å². The Morgan fingerprint density at radius 1 is 1.09 bits per heavy atom. The van der Waals surface area contributed by atoms with E-state index >= 15 is 0 Å². The molecule has 0 radical (unpaired) electrons. The Morgan fingerprint density at radius 3 is 2.35 bits per heavy atom. The molecule has 1 unspecified atom stereocenters. The number of hydrogen-bond acceptors (Lipinski definition) is 2. The minimum Gasteiger partial charge on any atom is -0.288 e. The molecule has 0 aliphatic heterocycles. The van der Waals surface area contributed by atoms with Crippen LogP contribution in [0.5, 0.6) is 0 Å². The van der Waals surface area contributed by atoms with E-state index in [2.05, 4.69) is 6.07 Å². The molecule has 2 aromatic carbocycles. The molecule has 2 aromatic rings. The molecule has 0 aliphatic rings. The van der Waals surface area contributed by atoms with Gasteiger partial charge < -0.3 is 0 Å². The van der Waals surface area contributed by atoms with Gasteiger partial charge in [-0.15, -0.1) is 0 Å². The van der Waals surface area contributed by atoms with Crippen molar-refractivity contribution in [2.75, 3.05) is 14.1 Å². The summed E-state index contributed by atoms with van der Waals surface area (Å²) in [6.45, 7) is 0. The Bertz CT molecular complexity index is 733. The van der Waals surface area contributed by atoms with Crippen LogP contribution in [0.25, 0.3) is 6.08 Å². The van der Waals surface area contributed by atoms with Crippen molar-refractivity contribution in [1.82, 2.24) is 4.90 Å². The van der Waals surface area contributed by atoms with Gasteiger partial charge >= 0.3 is 0 Å². The summed E-state index contributed by atoms with van der Waals surface area (Å²) in [4.78, 5) is 1.90. The van der Waals surface area contributed by atoms with Gasteiger partial charge in [-0.2, -0.15) is 5.26 Å². The van der Waals surface area contributed by atoms with Crippen LogP contribution in [0.4, 0.5) is 0 Å². The van der Waals surface area contributed by atoms with Crippen LogP contribution >= 0.6 is 23.2 Å². The highest BCUT2D eigenvalue weighted by molar-refractivity contribution is 6.42. The molecule has 23 heavy (non-hydrogen) atoms. The van der Waals surface area contributed by atoms with E-state index in [4.69, 9.17) is 23.2 Å². The van der Waals surface area contributed by atoms with E-state index in [1.807, 2.05) is 67.5 Å². The minimum absolute atomic E-state index is 0.456. The van der Waals surface area contributed by atoms with E-state index in [0.717, 1.165) is 11.1 Å². The second-order valence-electron chi connectivity index (χ2n) is 5.51. The molecule has 0 bridgehead atoms. The zero-order valence-electron chi connectivity index (χ0n) is 13.1. The fourth-order valence-electron chi connectivity index (χ4n) is 2.45. The van der Waals surface area contributed by atoms with E-state index in [9.17, 15) is 5.26 Å². The third-order valence-corrected chi connectivity index (χ3v) is 4.61. The van der Waals surface area contributed by atoms with Gasteiger partial charge in [0.15, 0.2) is 0 Å². The summed E-state index contributed by atoms with van der Waals surface area (Å²) < 4.78 is 0. The fraction of sp³-hybridized carbons (Fsp3) is 0.211. The number of benzene rings is 2. The summed E-state index contributed by atoms with van der Waals surface area (Å²) in [6.07, 6.45) is 4.58. The third-order valence-electron chi connectivity index (χ3n) is 3.87. The van der Waals surface area contributed by atoms with Crippen molar-refractivity contribution in [3.63, 3.8) is 0 Å². The summed E-state index contributed by atoms with van der Waals surface area (Å²) >= 11 is 12.1. The first-order valence-electron chi connectivity index (χ1n) is 7.25. The van der Waals surface area contributed by atoms with Crippen LogP contribution in [0.15, 0.2) is 54.6 Å². The van der Waals surface area contributed by atoms with Crippen molar-refractivity contribution >= 4 is 29.3 Å². The number of rotatable bonds is 5. The van der Waals surface area contributed by atoms with Crippen LogP contribution in [-0.2, 0) is 5.54 Å². The highest BCUT2D eigenvalue weighted by Crippen LogP contribution is 2.34. The summed E-state index contributed by atoms with van der Waals surface area (Å²) in [5.41, 5.74) is 1.14. The van der Waals surface area contributed by atoms with Crippen molar-refractivity contribution in [3.05, 3.63) is 75.8 Å². The first-order valence-corrected chi connectivity index (χ1v) is 8.01. The van der Waals surface area contributed by atoms with Gasteiger partial charge in [0.1, 0.15) is 5.54 Å². The Hall–Kier alpha value is -1.79. The monoisotopic (exact) mass is 344 g/mol. The standard InChI is InChI=1S/C19H18Cl2N2/c1-23(2)19(14-22,16-10-11-17(20)18(21)13-16)12-6-9-15-7-4-3-5-8-15/h3-11,13H,12H2,1-2H3. The Balaban J connectivity index is 2.34. The molecular weight excluding hydrogens is 327 g/mol. The van der Waals surface area contributed by atoms with Gasteiger partial charge in [0.05, 0.1) is 16.1 Å². The van der Waals surface area contributed by atoms with Crippen molar-refractivity contribution in [1.29, 1.82) is 5.26 Å². The van der Waals surface area contributed by atoms with Gasteiger partial charge in [-0.3, -0.25) is 4.90 Å². The molecule has 0 aromatic heterocycles. The van der Waals surface area contributed by atoms with Crippen LogP contribution in [0.3, 0.4) is 0 Å². The molecular formula is C19H18Cl2N2. The molecule has 0 aliphatic carbocycles. The van der Waals surface area contributed by atoms with Gasteiger partial charge in [0, 0.05) is 6.42 Å². The second-order valence-corrected chi connectivity index (χ2v) is 6.33. The zero-order chi connectivity index (χ0) is 16.9. The number of nitrogens with zero attached hydrogens (tertiary/aromatic N) is 2. The predicted octanol–water partition coefficient (Wildman–Crippen LogP) is 5.38. The first kappa shape index (κ1) is 17.6. The highest BCUT2D eigenvalue weighted by Gasteiger charge is 2.34. The molecule has 4 heteroatoms. The predicted molar refractivity (Wildman–Crippen MR) is 97.5 cm³/mol. The molecule has 0 N–H and O–H groups in total. The van der Waals surface area contributed by atoms with E-state index in [0.29, 0.717) is 16.5 Å². The molecule has 0 spiro atoms. The molecule has 0 saturated heterocycles. The maximum atomic E-state index is 9.86. The lowest BCUT2D eigenvalue weighted by molar-refractivity contribution is 0.221. The van der Waals surface area contributed by atoms with E-state index in [-0.39, 0.29) is 0 Å². The molecule has 1 atom stereocenters. The van der Waals surface area contributed by atoms with Gasteiger partial charge in [-0.25, -0.2) is 0 Å². The average Bonchev–Trinajstić information content (AvgIpc) is 2.55. The van der Waals surface area contributed by atoms with Crippen LogP contribution in [0, 0.1) is 11.3 Å². The van der Waals surface area contributed by atoms with Crippen molar-refractivity contribution < 1.29 is 0 Å². The SMILES string of the molecule is CN(C)C(C#N)(CC=Cc1ccccc1)c1ccc(Cl)c(Cl)c1. The Labute approximate surface area is 147 Å². The molecule has 0 fully saturated rings. The van der Waals surface area contributed by atoms with Crippen molar-refractivity contribution in [3.8, 4) is 6.07 Å². The van der Waals surface area contributed by atoms with Crippen LogP contribution in [-0.4, -0.2) is 19.0 Å². The van der Waals surface area contributed by atoms with Gasteiger partial charge in [-0.1, -0.05) is 71.8 Å². The quantitative estimate of drug-likeness (QED) is 0.728. The first-order chi connectivity index (χ1) is 11.0. The second kappa shape index (κ2) is 7.66. The minimum atomic E-state index is -0.792. The lowest BCUT2D eigenvalue weighted by Crippen LogP contribution is -2.39. The summed E-state index contributed by atoms with van der Waals surface area (Å²) in [7, 11) is 3.78. The van der Waals surface area contributed by atoms with Crippen LogP contribution in [0.2, 0.25) is 10.0 Å². The van der Waals surface area contributed by atoms with E-state index in [1.54, 1.807) is 12.1 Å². The fourth-order valence-corrected chi connectivity index (χ4v) is 2.75. The zero-order valence-corrected chi connectivity index (χ0v) is 14.6. The Morgan fingerprint density at radius 2 is 1.78 bits per heavy atom. The third kappa shape index (κ3) is 3.95. The lowest BCUT2D eigenvalue weighted by atomic mass is 9.86. The Kier molecular flexibility index (Phi) is 5.85. The lowest BCUT2D eigenvalue weighted by Gasteiger charge is -2.33. The maximum Gasteiger partial charge on any atom is 0.137 e. The molecule has 0 heterocycles. The smallest absolute Gasteiger partial charge is 0.137 e. The van der Waals surface area contributed by atoms with Gasteiger partial charge in [0.25, 0.3) is 0 Å². The molecule has 2 nitrogen and oxygen atoms in total. The maximum absolute atomic E-state index is 9.86. The summed E-state index contributed by atoms with van der Waals surface area (Å²) in [5, 5.41) is 10.8. The number of halogens is 2.